The number of aromatic nitrogens is 3. The SMILES string of the molecule is Cc1nnc(-c2ccc3c(c2)c2c(n3-c3ccc(CC4(NC(=O)N(C)S(=O)(=O)c5ccc(Cl)cc5)CC4)cc3)C(=O)N(C)CC2)o1. The Morgan fingerprint density at radius 2 is 1.78 bits per heavy atom. The zero-order valence-electron chi connectivity index (χ0n) is 25.4. The minimum atomic E-state index is -4.04. The smallest absolute Gasteiger partial charge is 0.331 e. The van der Waals surface area contributed by atoms with Crippen LogP contribution in [0, 0.1) is 6.92 Å². The Morgan fingerprint density at radius 1 is 1.07 bits per heavy atom. The maximum absolute atomic E-state index is 13.5. The molecule has 0 spiro atoms. The van der Waals surface area contributed by atoms with Crippen LogP contribution in [-0.4, -0.2) is 70.5 Å². The van der Waals surface area contributed by atoms with E-state index in [-0.39, 0.29) is 10.8 Å². The molecule has 3 aromatic carbocycles. The first-order valence-corrected chi connectivity index (χ1v) is 16.7. The van der Waals surface area contributed by atoms with E-state index >= 15 is 0 Å². The fourth-order valence-corrected chi connectivity index (χ4v) is 7.23. The molecule has 7 rings (SSSR count). The van der Waals surface area contributed by atoms with Gasteiger partial charge in [-0.15, -0.1) is 10.2 Å². The maximum atomic E-state index is 13.5. The molecule has 0 bridgehead atoms. The Bertz CT molecular complexity index is 2120. The molecule has 3 amide bonds. The first-order chi connectivity index (χ1) is 22.0. The van der Waals surface area contributed by atoms with E-state index in [0.717, 1.165) is 56.8 Å². The predicted molar refractivity (Wildman–Crippen MR) is 173 cm³/mol. The van der Waals surface area contributed by atoms with Gasteiger partial charge in [-0.05, 0) is 91.4 Å². The molecule has 0 atom stereocenters. The van der Waals surface area contributed by atoms with E-state index in [9.17, 15) is 18.0 Å². The highest BCUT2D eigenvalue weighted by Crippen LogP contribution is 2.40. The Hall–Kier alpha value is -4.68. The van der Waals surface area contributed by atoms with Crippen LogP contribution < -0.4 is 5.32 Å². The van der Waals surface area contributed by atoms with Gasteiger partial charge in [0.2, 0.25) is 11.8 Å². The van der Waals surface area contributed by atoms with E-state index in [4.69, 9.17) is 16.0 Å². The maximum Gasteiger partial charge on any atom is 0.331 e. The number of urea groups is 1. The number of rotatable bonds is 7. The van der Waals surface area contributed by atoms with Gasteiger partial charge in [0.25, 0.3) is 15.9 Å². The molecule has 2 aliphatic rings. The minimum Gasteiger partial charge on any atom is -0.421 e. The minimum absolute atomic E-state index is 0.0136. The van der Waals surface area contributed by atoms with E-state index in [1.165, 1.54) is 31.3 Å². The summed E-state index contributed by atoms with van der Waals surface area (Å²) in [5.41, 5.74) is 4.58. The Labute approximate surface area is 270 Å². The van der Waals surface area contributed by atoms with Gasteiger partial charge >= 0.3 is 6.03 Å². The number of hydrogen-bond donors (Lipinski definition) is 1. The molecule has 5 aromatic rings. The van der Waals surface area contributed by atoms with Gasteiger partial charge in [-0.3, -0.25) is 4.79 Å². The van der Waals surface area contributed by atoms with Crippen molar-refractivity contribution >= 4 is 44.5 Å². The van der Waals surface area contributed by atoms with Crippen LogP contribution in [0.1, 0.15) is 40.3 Å². The molecule has 46 heavy (non-hydrogen) atoms. The second-order valence-corrected chi connectivity index (χ2v) is 14.4. The topological polar surface area (TPSA) is 131 Å². The lowest BCUT2D eigenvalue weighted by Crippen LogP contribution is -2.47. The fourth-order valence-electron chi connectivity index (χ4n) is 6.04. The molecular formula is C33H31ClN6O5S. The van der Waals surface area contributed by atoms with Crippen LogP contribution in [0.3, 0.4) is 0 Å². The first kappa shape index (κ1) is 30.0. The van der Waals surface area contributed by atoms with Crippen molar-refractivity contribution in [2.45, 2.75) is 43.0 Å². The number of carbonyl (C=O) groups excluding carboxylic acids is 2. The van der Waals surface area contributed by atoms with Crippen LogP contribution >= 0.6 is 11.6 Å². The quantitative estimate of drug-likeness (QED) is 0.249. The Kier molecular flexibility index (Phi) is 7.17. The number of sulfonamides is 1. The van der Waals surface area contributed by atoms with Gasteiger partial charge in [0.1, 0.15) is 5.69 Å². The van der Waals surface area contributed by atoms with Gasteiger partial charge < -0.3 is 19.2 Å². The summed E-state index contributed by atoms with van der Waals surface area (Å²) in [5.74, 6) is 0.863. The van der Waals surface area contributed by atoms with Crippen molar-refractivity contribution in [3.63, 3.8) is 0 Å². The number of fused-ring (bicyclic) bond motifs is 3. The number of benzene rings is 3. The van der Waals surface area contributed by atoms with Gasteiger partial charge in [0.05, 0.1) is 10.4 Å². The van der Waals surface area contributed by atoms with Crippen molar-refractivity contribution < 1.29 is 22.4 Å². The Balaban J connectivity index is 1.15. The van der Waals surface area contributed by atoms with Crippen LogP contribution in [-0.2, 0) is 22.9 Å². The van der Waals surface area contributed by atoms with E-state index < -0.39 is 21.6 Å². The highest BCUT2D eigenvalue weighted by Gasteiger charge is 2.45. The number of nitrogens with zero attached hydrogens (tertiary/aromatic N) is 5. The van der Waals surface area contributed by atoms with Crippen LogP contribution in [0.15, 0.2) is 76.0 Å². The van der Waals surface area contributed by atoms with Gasteiger partial charge in [-0.1, -0.05) is 23.7 Å². The largest absolute Gasteiger partial charge is 0.421 e. The van der Waals surface area contributed by atoms with E-state index in [1.807, 2.05) is 54.1 Å². The second-order valence-electron chi connectivity index (χ2n) is 12.0. The van der Waals surface area contributed by atoms with Crippen molar-refractivity contribution in [2.75, 3.05) is 20.6 Å². The lowest BCUT2D eigenvalue weighted by Gasteiger charge is -2.25. The fraction of sp³-hybridized carbons (Fsp3) is 0.273. The van der Waals surface area contributed by atoms with Crippen LogP contribution in [0.4, 0.5) is 4.79 Å². The molecule has 1 fully saturated rings. The number of hydrogen-bond acceptors (Lipinski definition) is 7. The summed E-state index contributed by atoms with van der Waals surface area (Å²) < 4.78 is 34.4. The Morgan fingerprint density at radius 3 is 2.43 bits per heavy atom. The third-order valence-corrected chi connectivity index (χ3v) is 10.8. The predicted octanol–water partition coefficient (Wildman–Crippen LogP) is 5.38. The monoisotopic (exact) mass is 658 g/mol. The normalized spacial score (nSPS) is 15.6. The van der Waals surface area contributed by atoms with Crippen molar-refractivity contribution in [3.05, 3.63) is 94.5 Å². The number of halogens is 1. The molecule has 1 N–H and O–H groups in total. The molecule has 13 heteroatoms. The number of likely N-dealkylation sites (N-methyl/N-ethyl adjacent to an activating group) is 1. The standard InChI is InChI=1S/C33H31ClN6O5S/c1-20-36-37-30(45-20)22-6-13-28-27(18-22)26-14-17-38(2)31(41)29(26)40(28)24-9-4-21(5-10-24)19-33(15-16-33)35-32(42)39(3)46(43,44)25-11-7-23(34)8-12-25/h4-13,18H,14-17,19H2,1-3H3,(H,35,42). The van der Waals surface area contributed by atoms with Crippen molar-refractivity contribution in [2.24, 2.45) is 0 Å². The lowest BCUT2D eigenvalue weighted by atomic mass is 10.0. The summed E-state index contributed by atoms with van der Waals surface area (Å²) in [5, 5.41) is 12.4. The summed E-state index contributed by atoms with van der Waals surface area (Å²) in [6.45, 7) is 2.37. The lowest BCUT2D eigenvalue weighted by molar-refractivity contribution is 0.0773. The highest BCUT2D eigenvalue weighted by atomic mass is 35.5. The molecule has 236 valence electrons. The molecule has 1 aliphatic heterocycles. The summed E-state index contributed by atoms with van der Waals surface area (Å²) in [6.07, 6.45) is 2.71. The van der Waals surface area contributed by atoms with Crippen LogP contribution in [0.5, 0.6) is 0 Å². The summed E-state index contributed by atoms with van der Waals surface area (Å²) in [4.78, 5) is 28.3. The zero-order chi connectivity index (χ0) is 32.4. The van der Waals surface area contributed by atoms with Crippen molar-refractivity contribution in [3.8, 4) is 17.1 Å². The average Bonchev–Trinajstić information content (AvgIpc) is 3.50. The molecule has 3 heterocycles. The summed E-state index contributed by atoms with van der Waals surface area (Å²) in [7, 11) is -0.981. The van der Waals surface area contributed by atoms with Gasteiger partial charge in [-0.25, -0.2) is 17.5 Å². The zero-order valence-corrected chi connectivity index (χ0v) is 27.0. The van der Waals surface area contributed by atoms with Gasteiger partial charge in [0, 0.05) is 54.8 Å². The molecule has 0 radical (unpaired) electrons. The van der Waals surface area contributed by atoms with E-state index in [2.05, 4.69) is 15.5 Å². The van der Waals surface area contributed by atoms with Crippen molar-refractivity contribution in [1.82, 2.24) is 29.3 Å². The van der Waals surface area contributed by atoms with Gasteiger partial charge in [-0.2, -0.15) is 0 Å². The molecule has 2 aromatic heterocycles. The number of nitrogens with one attached hydrogen (secondary N) is 1. The molecule has 1 saturated carbocycles. The molecule has 11 nitrogen and oxygen atoms in total. The molecular weight excluding hydrogens is 628 g/mol. The highest BCUT2D eigenvalue weighted by molar-refractivity contribution is 7.89. The third kappa shape index (κ3) is 5.21. The van der Waals surface area contributed by atoms with Crippen LogP contribution in [0.2, 0.25) is 5.02 Å². The summed E-state index contributed by atoms with van der Waals surface area (Å²) in [6, 6.07) is 18.8. The van der Waals surface area contributed by atoms with Crippen molar-refractivity contribution in [1.29, 1.82) is 0 Å². The molecule has 0 unspecified atom stereocenters. The molecule has 0 saturated heterocycles. The average molecular weight is 659 g/mol. The van der Waals surface area contributed by atoms with E-state index in [1.54, 1.807) is 11.8 Å². The van der Waals surface area contributed by atoms with Gasteiger partial charge in [0.15, 0.2) is 0 Å². The second kappa shape index (κ2) is 11.0. The first-order valence-electron chi connectivity index (χ1n) is 14.8. The van der Waals surface area contributed by atoms with Crippen LogP contribution in [0.25, 0.3) is 28.0 Å². The van der Waals surface area contributed by atoms with E-state index in [0.29, 0.717) is 35.5 Å². The molecule has 1 aliphatic carbocycles. The number of amides is 3. The third-order valence-electron chi connectivity index (χ3n) is 8.81. The summed E-state index contributed by atoms with van der Waals surface area (Å²) >= 11 is 5.90. The number of carbonyl (C=O) groups is 2. The number of aryl methyl sites for hydroxylation is 1.